The van der Waals surface area contributed by atoms with Crippen molar-refractivity contribution in [2.24, 2.45) is 0 Å². The smallest absolute Gasteiger partial charge is 0.222 e. The highest BCUT2D eigenvalue weighted by atomic mass is 16.7. The monoisotopic (exact) mass is 700 g/mol. The second kappa shape index (κ2) is 54.6. The number of methoxy groups -OCH3 is 4. The first-order valence-corrected chi connectivity index (χ1v) is 17.2. The molecule has 0 aromatic rings. The minimum atomic E-state index is -0.0648. The van der Waals surface area contributed by atoms with Gasteiger partial charge in [0.25, 0.3) is 0 Å². The summed E-state index contributed by atoms with van der Waals surface area (Å²) in [5.41, 5.74) is 0. The van der Waals surface area contributed by atoms with E-state index in [1.165, 1.54) is 33.1 Å². The predicted octanol–water partition coefficient (Wildman–Crippen LogP) is 6.35. The summed E-state index contributed by atoms with van der Waals surface area (Å²) in [6.07, 6.45) is 7.87. The van der Waals surface area contributed by atoms with E-state index in [1.807, 2.05) is 34.7 Å². The van der Waals surface area contributed by atoms with Crippen LogP contribution in [0.5, 0.6) is 0 Å². The number of rotatable bonds is 13. The zero-order valence-electron chi connectivity index (χ0n) is 33.5. The van der Waals surface area contributed by atoms with Crippen LogP contribution in [-0.2, 0) is 52.3 Å². The number of ketones is 3. The maximum atomic E-state index is 10.5. The van der Waals surface area contributed by atoms with Crippen molar-refractivity contribution < 1.29 is 52.3 Å². The quantitative estimate of drug-likeness (QED) is 0.157. The molecule has 12 nitrogen and oxygen atoms in total. The number of Topliss-reactive ketones (excluding diaryl/α,β-unsaturated/α-hetero) is 3. The highest BCUT2D eigenvalue weighted by molar-refractivity contribution is 5.78. The van der Waals surface area contributed by atoms with Gasteiger partial charge in [-0.15, -0.1) is 0 Å². The van der Waals surface area contributed by atoms with E-state index in [-0.39, 0.29) is 17.9 Å². The number of likely N-dealkylation sites (tertiary alicyclic amines) is 1. The second-order valence-corrected chi connectivity index (χ2v) is 10.3. The standard InChI is InChI=1S/C6H14O3.C5H9NO.C5H10O.C5H12.C4H8O2.C4H10O2.C4H8O.C3H6O/c1-7-3-5-9-6-4-8-2;1-6-4-2-3-5(6)7;1-3-5(6)4-2;1-3-5-4-2;1-2-6-4-3-5-1;1-4(5-2)6-3;1-3-4(2)5;1-3(2)4/h3-6H2,1-2H3;2-4H2,1H3;3-4H2,1-2H3;3-5H2,1-2H3;1-4H2;4H,1-3H3;3H2,1-2H3;1-2H3. The van der Waals surface area contributed by atoms with Crippen molar-refractivity contribution in [1.82, 2.24) is 4.90 Å². The van der Waals surface area contributed by atoms with E-state index in [1.54, 1.807) is 40.3 Å². The molecule has 2 aliphatic heterocycles. The van der Waals surface area contributed by atoms with Crippen LogP contribution < -0.4 is 0 Å². The molecule has 0 spiro atoms. The Morgan fingerprint density at radius 1 is 0.729 bits per heavy atom. The highest BCUT2D eigenvalue weighted by Crippen LogP contribution is 2.04. The van der Waals surface area contributed by atoms with Gasteiger partial charge in [0, 0.05) is 67.7 Å². The van der Waals surface area contributed by atoms with Crippen LogP contribution in [0.2, 0.25) is 0 Å². The van der Waals surface area contributed by atoms with Gasteiger partial charge >= 0.3 is 0 Å². The maximum Gasteiger partial charge on any atom is 0.222 e. The molecule has 1 amide bonds. The Bertz CT molecular complexity index is 612. The lowest BCUT2D eigenvalue weighted by Crippen LogP contribution is -2.17. The fraction of sp³-hybridized carbons (Fsp3) is 0.889. The number of carbonyl (C=O) groups excluding carboxylic acids is 4. The summed E-state index contributed by atoms with van der Waals surface area (Å²) in [5.74, 6) is 1.06. The lowest BCUT2D eigenvalue weighted by atomic mass is 10.3. The lowest BCUT2D eigenvalue weighted by Gasteiger charge is -2.09. The van der Waals surface area contributed by atoms with Crippen LogP contribution in [0.3, 0.4) is 0 Å². The fourth-order valence-electron chi connectivity index (χ4n) is 2.31. The van der Waals surface area contributed by atoms with Crippen LogP contribution in [0.4, 0.5) is 0 Å². The first-order chi connectivity index (χ1) is 22.8. The molecule has 0 N–H and O–H groups in total. The fourth-order valence-corrected chi connectivity index (χ4v) is 2.31. The Labute approximate surface area is 295 Å². The summed E-state index contributed by atoms with van der Waals surface area (Å²) >= 11 is 0. The summed E-state index contributed by atoms with van der Waals surface area (Å²) in [6.45, 7) is 23.2. The minimum absolute atomic E-state index is 0.0648. The van der Waals surface area contributed by atoms with E-state index < -0.39 is 0 Å². The molecule has 292 valence electrons. The number of nitrogens with zero attached hydrogens (tertiary/aromatic N) is 1. The topological polar surface area (TPSA) is 136 Å². The van der Waals surface area contributed by atoms with Crippen LogP contribution in [0.1, 0.15) is 114 Å². The predicted molar refractivity (Wildman–Crippen MR) is 195 cm³/mol. The van der Waals surface area contributed by atoms with Gasteiger partial charge in [-0.1, -0.05) is 53.9 Å². The molecule has 0 unspecified atom stereocenters. The maximum absolute atomic E-state index is 10.5. The second-order valence-electron chi connectivity index (χ2n) is 10.3. The van der Waals surface area contributed by atoms with Crippen LogP contribution in [0.15, 0.2) is 0 Å². The van der Waals surface area contributed by atoms with E-state index in [9.17, 15) is 19.2 Å². The number of hydrogen-bond donors (Lipinski definition) is 0. The van der Waals surface area contributed by atoms with Crippen molar-refractivity contribution >= 4 is 23.3 Å². The van der Waals surface area contributed by atoms with Gasteiger partial charge in [-0.2, -0.15) is 0 Å². The van der Waals surface area contributed by atoms with Gasteiger partial charge in [-0.3, -0.25) is 9.59 Å². The molecule has 2 saturated heterocycles. The third-order valence-corrected chi connectivity index (χ3v) is 5.58. The van der Waals surface area contributed by atoms with Gasteiger partial charge in [0.1, 0.15) is 17.3 Å². The Hall–Kier alpha value is -1.80. The van der Waals surface area contributed by atoms with E-state index in [4.69, 9.17) is 23.7 Å². The minimum Gasteiger partial charge on any atom is -0.382 e. The van der Waals surface area contributed by atoms with Gasteiger partial charge in [0.2, 0.25) is 5.91 Å². The number of hydrogen-bond acceptors (Lipinski definition) is 11. The highest BCUT2D eigenvalue weighted by Gasteiger charge is 2.14. The molecule has 0 aliphatic carbocycles. The summed E-state index contributed by atoms with van der Waals surface area (Å²) in [6, 6.07) is 0. The third kappa shape index (κ3) is 79.6. The van der Waals surface area contributed by atoms with Crippen molar-refractivity contribution in [3.05, 3.63) is 0 Å². The summed E-state index contributed by atoms with van der Waals surface area (Å²) in [5, 5.41) is 0. The molecule has 12 heteroatoms. The average Bonchev–Trinajstić information content (AvgIpc) is 3.47. The molecule has 0 aromatic heterocycles. The Morgan fingerprint density at radius 2 is 1.10 bits per heavy atom. The van der Waals surface area contributed by atoms with Crippen LogP contribution in [0, 0.1) is 0 Å². The number of amides is 1. The molecular weight excluding hydrogens is 622 g/mol. The Morgan fingerprint density at radius 3 is 1.21 bits per heavy atom. The number of ether oxygens (including phenoxy) is 7. The van der Waals surface area contributed by atoms with E-state index in [0.29, 0.717) is 57.4 Å². The zero-order valence-corrected chi connectivity index (χ0v) is 33.5. The summed E-state index contributed by atoms with van der Waals surface area (Å²) in [4.78, 5) is 41.7. The van der Waals surface area contributed by atoms with Gasteiger partial charge < -0.3 is 47.6 Å². The number of carbonyl (C=O) groups is 4. The number of unbranched alkanes of at least 4 members (excludes halogenated alkanes) is 2. The summed E-state index contributed by atoms with van der Waals surface area (Å²) in [7, 11) is 8.36. The summed E-state index contributed by atoms with van der Waals surface area (Å²) < 4.78 is 33.8. The first-order valence-electron chi connectivity index (χ1n) is 17.2. The van der Waals surface area contributed by atoms with E-state index >= 15 is 0 Å². The van der Waals surface area contributed by atoms with Crippen LogP contribution in [0.25, 0.3) is 0 Å². The molecule has 0 bridgehead atoms. The Kier molecular flexibility index (Phi) is 66.5. The van der Waals surface area contributed by atoms with Gasteiger partial charge in [-0.25, -0.2) is 0 Å². The molecule has 0 atom stereocenters. The molecular formula is C36H77NO11. The molecule has 0 aromatic carbocycles. The molecule has 2 aliphatic rings. The molecule has 48 heavy (non-hydrogen) atoms. The Balaban J connectivity index is -0.000000106. The largest absolute Gasteiger partial charge is 0.382 e. The van der Waals surface area contributed by atoms with Gasteiger partial charge in [0.05, 0.1) is 52.9 Å². The zero-order chi connectivity index (χ0) is 38.4. The van der Waals surface area contributed by atoms with Crippen molar-refractivity contribution in [1.29, 1.82) is 0 Å². The molecule has 2 heterocycles. The van der Waals surface area contributed by atoms with Gasteiger partial charge in [-0.05, 0) is 34.1 Å². The molecule has 0 radical (unpaired) electrons. The molecule has 0 saturated carbocycles. The normalized spacial score (nSPS) is 12.5. The van der Waals surface area contributed by atoms with E-state index in [2.05, 4.69) is 23.3 Å². The van der Waals surface area contributed by atoms with Crippen molar-refractivity contribution in [3.63, 3.8) is 0 Å². The van der Waals surface area contributed by atoms with Crippen LogP contribution >= 0.6 is 0 Å². The molecule has 2 rings (SSSR count). The lowest BCUT2D eigenvalue weighted by molar-refractivity contribution is -0.126. The average molecular weight is 700 g/mol. The van der Waals surface area contributed by atoms with Crippen LogP contribution in [-0.4, -0.2) is 129 Å². The van der Waals surface area contributed by atoms with E-state index in [0.717, 1.165) is 45.8 Å². The first kappa shape index (κ1) is 58.4. The molecule has 2 fully saturated rings. The van der Waals surface area contributed by atoms with Gasteiger partial charge in [0.15, 0.2) is 6.29 Å². The van der Waals surface area contributed by atoms with Crippen molar-refractivity contribution in [2.75, 3.05) is 94.9 Å². The SMILES string of the molecule is C1COCCO1.CC(C)=O.CCC(=O)CC.CCC(C)=O.CCCCC.CN1CCCC1=O.COC(C)OC.COCCOCCOC. The van der Waals surface area contributed by atoms with Crippen molar-refractivity contribution in [2.45, 2.75) is 120 Å². The third-order valence-electron chi connectivity index (χ3n) is 5.58. The van der Waals surface area contributed by atoms with Crippen molar-refractivity contribution in [3.8, 4) is 0 Å².